The molecule has 4 unspecified atom stereocenters. The number of aliphatic hydroxyl groups is 4. The van der Waals surface area contributed by atoms with E-state index < -0.39 is 0 Å². The van der Waals surface area contributed by atoms with E-state index in [-0.39, 0.29) is 24.4 Å². The molecule has 0 bridgehead atoms. The molecule has 0 rings (SSSR count). The van der Waals surface area contributed by atoms with Gasteiger partial charge in [-0.15, -0.1) is 0 Å². The maximum Gasteiger partial charge on any atom is 0.0562 e. The number of aliphatic hydroxyl groups excluding tert-OH is 4. The first-order chi connectivity index (χ1) is 7.33. The molecule has 16 heavy (non-hydrogen) atoms. The summed E-state index contributed by atoms with van der Waals surface area (Å²) in [5.41, 5.74) is 0. The van der Waals surface area contributed by atoms with E-state index in [0.717, 1.165) is 12.8 Å². The fourth-order valence-electron chi connectivity index (χ4n) is 1.12. The molecule has 0 fully saturated rings. The highest BCUT2D eigenvalue weighted by molar-refractivity contribution is 4.56. The van der Waals surface area contributed by atoms with Crippen LogP contribution in [0.2, 0.25) is 0 Å². The van der Waals surface area contributed by atoms with Crippen LogP contribution >= 0.6 is 0 Å². The summed E-state index contributed by atoms with van der Waals surface area (Å²) >= 11 is 0. The minimum atomic E-state index is -0.370. The van der Waals surface area contributed by atoms with E-state index in [1.54, 1.807) is 13.8 Å². The predicted molar refractivity (Wildman–Crippen MR) is 65.2 cm³/mol. The van der Waals surface area contributed by atoms with Crippen LogP contribution in [-0.4, -0.2) is 44.8 Å². The van der Waals surface area contributed by atoms with Crippen LogP contribution in [0.4, 0.5) is 0 Å². The third-order valence-electron chi connectivity index (χ3n) is 2.17. The molecule has 4 nitrogen and oxygen atoms in total. The number of rotatable bonds is 6. The number of hydrogen-bond donors (Lipinski definition) is 4. The van der Waals surface area contributed by atoms with Gasteiger partial charge >= 0.3 is 0 Å². The van der Waals surface area contributed by atoms with Gasteiger partial charge in [-0.1, -0.05) is 13.8 Å². The second-order valence-electron chi connectivity index (χ2n) is 4.29. The van der Waals surface area contributed by atoms with E-state index in [1.807, 2.05) is 13.8 Å². The Kier molecular flexibility index (Phi) is 12.9. The Morgan fingerprint density at radius 1 is 0.688 bits per heavy atom. The van der Waals surface area contributed by atoms with Crippen LogP contribution in [0.1, 0.15) is 53.4 Å². The molecule has 0 saturated carbocycles. The molecule has 0 aliphatic carbocycles. The lowest BCUT2D eigenvalue weighted by molar-refractivity contribution is 0.0876. The van der Waals surface area contributed by atoms with Crippen molar-refractivity contribution in [2.45, 2.75) is 77.8 Å². The topological polar surface area (TPSA) is 80.9 Å². The van der Waals surface area contributed by atoms with Gasteiger partial charge in [0, 0.05) is 0 Å². The van der Waals surface area contributed by atoms with Gasteiger partial charge in [0.1, 0.15) is 0 Å². The molecular weight excluding hydrogens is 208 g/mol. The van der Waals surface area contributed by atoms with E-state index in [9.17, 15) is 0 Å². The van der Waals surface area contributed by atoms with E-state index in [4.69, 9.17) is 20.4 Å². The average Bonchev–Trinajstić information content (AvgIpc) is 2.16. The number of hydrogen-bond acceptors (Lipinski definition) is 4. The van der Waals surface area contributed by atoms with Crippen LogP contribution in [0.3, 0.4) is 0 Å². The van der Waals surface area contributed by atoms with Gasteiger partial charge in [-0.25, -0.2) is 0 Å². The maximum absolute atomic E-state index is 8.87. The van der Waals surface area contributed by atoms with Crippen LogP contribution in [0.25, 0.3) is 0 Å². The lowest BCUT2D eigenvalue weighted by atomic mass is 10.1. The SMILES string of the molecule is CCC(O)CC(C)O.CCC(O)CC(C)O. The minimum absolute atomic E-state index is 0.324. The summed E-state index contributed by atoms with van der Waals surface area (Å²) in [7, 11) is 0. The molecular formula is C12H28O4. The summed E-state index contributed by atoms with van der Waals surface area (Å²) in [6.45, 7) is 7.15. The molecule has 0 aromatic carbocycles. The largest absolute Gasteiger partial charge is 0.393 e. The second-order valence-corrected chi connectivity index (χ2v) is 4.29. The van der Waals surface area contributed by atoms with E-state index >= 15 is 0 Å². The van der Waals surface area contributed by atoms with Crippen LogP contribution < -0.4 is 0 Å². The molecule has 4 atom stereocenters. The summed E-state index contributed by atoms with van der Waals surface area (Å²) < 4.78 is 0. The Morgan fingerprint density at radius 3 is 1.00 bits per heavy atom. The highest BCUT2D eigenvalue weighted by atomic mass is 16.3. The van der Waals surface area contributed by atoms with Gasteiger partial charge in [-0.3, -0.25) is 0 Å². The molecule has 0 saturated heterocycles. The fourth-order valence-corrected chi connectivity index (χ4v) is 1.12. The molecule has 0 spiro atoms. The van der Waals surface area contributed by atoms with Crippen molar-refractivity contribution in [3.8, 4) is 0 Å². The summed E-state index contributed by atoms with van der Waals surface area (Å²) in [5, 5.41) is 35.1. The Bertz CT molecular complexity index is 121. The van der Waals surface area contributed by atoms with Crippen molar-refractivity contribution in [2.75, 3.05) is 0 Å². The average molecular weight is 236 g/mol. The normalized spacial score (nSPS) is 18.0. The third-order valence-corrected chi connectivity index (χ3v) is 2.17. The highest BCUT2D eigenvalue weighted by Crippen LogP contribution is 2.00. The molecule has 0 amide bonds. The van der Waals surface area contributed by atoms with Gasteiger partial charge in [0.25, 0.3) is 0 Å². The second kappa shape index (κ2) is 11.3. The van der Waals surface area contributed by atoms with Gasteiger partial charge in [-0.2, -0.15) is 0 Å². The zero-order valence-corrected chi connectivity index (χ0v) is 10.9. The van der Waals surface area contributed by atoms with Crippen molar-refractivity contribution in [1.29, 1.82) is 0 Å². The van der Waals surface area contributed by atoms with Gasteiger partial charge in [-0.05, 0) is 39.5 Å². The van der Waals surface area contributed by atoms with Crippen LogP contribution in [0.15, 0.2) is 0 Å². The molecule has 4 N–H and O–H groups in total. The highest BCUT2D eigenvalue weighted by Gasteiger charge is 2.03. The zero-order valence-electron chi connectivity index (χ0n) is 10.9. The smallest absolute Gasteiger partial charge is 0.0562 e. The predicted octanol–water partition coefficient (Wildman–Crippen LogP) is 1.06. The van der Waals surface area contributed by atoms with Crippen LogP contribution in [0, 0.1) is 0 Å². The van der Waals surface area contributed by atoms with Crippen molar-refractivity contribution < 1.29 is 20.4 Å². The van der Waals surface area contributed by atoms with Crippen molar-refractivity contribution in [2.24, 2.45) is 0 Å². The molecule has 0 aromatic heterocycles. The Balaban J connectivity index is 0. The summed E-state index contributed by atoms with van der Waals surface area (Å²) in [6, 6.07) is 0. The Morgan fingerprint density at radius 2 is 0.938 bits per heavy atom. The Labute approximate surface area is 98.9 Å². The van der Waals surface area contributed by atoms with Gasteiger partial charge < -0.3 is 20.4 Å². The van der Waals surface area contributed by atoms with Gasteiger partial charge in [0.15, 0.2) is 0 Å². The van der Waals surface area contributed by atoms with Crippen molar-refractivity contribution in [3.63, 3.8) is 0 Å². The molecule has 0 aliphatic rings. The third kappa shape index (κ3) is 16.3. The van der Waals surface area contributed by atoms with Crippen molar-refractivity contribution >= 4 is 0 Å². The lowest BCUT2D eigenvalue weighted by Crippen LogP contribution is -2.13. The van der Waals surface area contributed by atoms with Crippen molar-refractivity contribution in [3.05, 3.63) is 0 Å². The molecule has 0 radical (unpaired) electrons. The Hall–Kier alpha value is -0.160. The monoisotopic (exact) mass is 236 g/mol. The summed E-state index contributed by atoms with van der Waals surface area (Å²) in [6.07, 6.45) is 1.06. The molecule has 4 heteroatoms. The van der Waals surface area contributed by atoms with Gasteiger partial charge in [0.05, 0.1) is 24.4 Å². The molecule has 0 heterocycles. The zero-order chi connectivity index (χ0) is 13.1. The van der Waals surface area contributed by atoms with E-state index in [0.29, 0.717) is 12.8 Å². The van der Waals surface area contributed by atoms with Crippen LogP contribution in [0.5, 0.6) is 0 Å². The van der Waals surface area contributed by atoms with Crippen LogP contribution in [-0.2, 0) is 0 Å². The first-order valence-electron chi connectivity index (χ1n) is 6.05. The first-order valence-corrected chi connectivity index (χ1v) is 6.05. The quantitative estimate of drug-likeness (QED) is 0.556. The first kappa shape index (κ1) is 18.2. The standard InChI is InChI=1S/2C6H14O2/c2*1-3-6(8)4-5(2)7/h2*5-8H,3-4H2,1-2H3. The molecule has 100 valence electrons. The van der Waals surface area contributed by atoms with Gasteiger partial charge in [0.2, 0.25) is 0 Å². The minimum Gasteiger partial charge on any atom is -0.393 e. The lowest BCUT2D eigenvalue weighted by Gasteiger charge is -2.08. The van der Waals surface area contributed by atoms with E-state index in [2.05, 4.69) is 0 Å². The van der Waals surface area contributed by atoms with Crippen molar-refractivity contribution in [1.82, 2.24) is 0 Å². The fraction of sp³-hybridized carbons (Fsp3) is 1.00. The summed E-state index contributed by atoms with van der Waals surface area (Å²) in [4.78, 5) is 0. The maximum atomic E-state index is 8.87. The van der Waals surface area contributed by atoms with E-state index in [1.165, 1.54) is 0 Å². The summed E-state index contributed by atoms with van der Waals surface area (Å²) in [5.74, 6) is 0. The molecule has 0 aliphatic heterocycles. The molecule has 0 aromatic rings.